The molecule has 0 aliphatic heterocycles. The van der Waals surface area contributed by atoms with Gasteiger partial charge in [0.1, 0.15) is 5.69 Å². The van der Waals surface area contributed by atoms with E-state index in [4.69, 9.17) is 0 Å². The van der Waals surface area contributed by atoms with Crippen LogP contribution in [-0.4, -0.2) is 24.0 Å². The molecule has 21 heavy (non-hydrogen) atoms. The molecule has 1 aliphatic rings. The molecule has 0 atom stereocenters. The van der Waals surface area contributed by atoms with Crippen molar-refractivity contribution in [3.8, 4) is 0 Å². The van der Waals surface area contributed by atoms with Crippen LogP contribution in [0, 0.1) is 5.92 Å². The second-order valence-corrected chi connectivity index (χ2v) is 4.75. The van der Waals surface area contributed by atoms with Crippen LogP contribution in [0.15, 0.2) is 17.1 Å². The molecule has 0 saturated heterocycles. The van der Waals surface area contributed by atoms with E-state index < -0.39 is 28.9 Å². The number of halogens is 4. The van der Waals surface area contributed by atoms with Crippen LogP contribution in [0.4, 0.5) is 18.9 Å². The zero-order valence-electron chi connectivity index (χ0n) is 10.9. The number of amides is 1. The summed E-state index contributed by atoms with van der Waals surface area (Å²) in [6.07, 6.45) is -1.75. The maximum absolute atomic E-state index is 12.5. The van der Waals surface area contributed by atoms with Crippen LogP contribution < -0.4 is 16.2 Å². The fourth-order valence-corrected chi connectivity index (χ4v) is 1.65. The Morgan fingerprint density at radius 3 is 2.62 bits per heavy atom. The molecule has 118 valence electrons. The van der Waals surface area contributed by atoms with Crippen LogP contribution in [0.3, 0.4) is 0 Å². The summed E-state index contributed by atoms with van der Waals surface area (Å²) in [5, 5.41) is 5.06. The fraction of sp³-hybridized carbons (Fsp3) is 0.500. The van der Waals surface area contributed by atoms with Gasteiger partial charge in [-0.3, -0.25) is 9.59 Å². The Morgan fingerprint density at radius 2 is 2.05 bits per heavy atom. The molecule has 2 rings (SSSR count). The zero-order chi connectivity index (χ0) is 14.8. The number of aromatic amines is 1. The Bertz CT molecular complexity index is 555. The molecule has 5 nitrogen and oxygen atoms in total. The number of hydrogen-bond acceptors (Lipinski definition) is 3. The molecule has 1 aromatic heterocycles. The van der Waals surface area contributed by atoms with Crippen LogP contribution in [0.1, 0.15) is 18.4 Å². The highest BCUT2D eigenvalue weighted by atomic mass is 35.5. The molecule has 0 bridgehead atoms. The molecule has 9 heteroatoms. The van der Waals surface area contributed by atoms with E-state index in [0.29, 0.717) is 24.7 Å². The second kappa shape index (κ2) is 6.95. The molecule has 1 fully saturated rings. The van der Waals surface area contributed by atoms with Crippen molar-refractivity contribution in [2.45, 2.75) is 19.0 Å². The SMILES string of the molecule is Cl.O=C(CNCC1CC1)Nc1cc(C(F)(F)F)c[nH]c1=O. The van der Waals surface area contributed by atoms with Crippen LogP contribution in [0.25, 0.3) is 0 Å². The van der Waals surface area contributed by atoms with Gasteiger partial charge in [0.15, 0.2) is 0 Å². The second-order valence-electron chi connectivity index (χ2n) is 4.75. The van der Waals surface area contributed by atoms with Gasteiger partial charge >= 0.3 is 6.18 Å². The van der Waals surface area contributed by atoms with Gasteiger partial charge in [0.05, 0.1) is 12.1 Å². The lowest BCUT2D eigenvalue weighted by Crippen LogP contribution is -2.31. The van der Waals surface area contributed by atoms with Gasteiger partial charge in [-0.15, -0.1) is 12.4 Å². The Labute approximate surface area is 124 Å². The third kappa shape index (κ3) is 5.39. The first-order chi connectivity index (χ1) is 9.36. The minimum absolute atomic E-state index is 0. The number of aromatic nitrogens is 1. The highest BCUT2D eigenvalue weighted by Crippen LogP contribution is 2.29. The molecular formula is C12H15ClF3N3O2. The molecule has 1 aromatic rings. The molecule has 1 amide bonds. The number of alkyl halides is 3. The van der Waals surface area contributed by atoms with Gasteiger partial charge in [0, 0.05) is 6.20 Å². The average molecular weight is 326 g/mol. The summed E-state index contributed by atoms with van der Waals surface area (Å²) in [5.41, 5.74) is -2.19. The first-order valence-corrected chi connectivity index (χ1v) is 6.17. The van der Waals surface area contributed by atoms with Crippen molar-refractivity contribution in [3.05, 3.63) is 28.2 Å². The van der Waals surface area contributed by atoms with E-state index >= 15 is 0 Å². The monoisotopic (exact) mass is 325 g/mol. The fourth-order valence-electron chi connectivity index (χ4n) is 1.65. The summed E-state index contributed by atoms with van der Waals surface area (Å²) in [5.74, 6) is 0.0373. The third-order valence-corrected chi connectivity index (χ3v) is 2.92. The van der Waals surface area contributed by atoms with Crippen molar-refractivity contribution in [1.82, 2.24) is 10.3 Å². The lowest BCUT2D eigenvalue weighted by Gasteiger charge is -2.09. The molecule has 1 heterocycles. The topological polar surface area (TPSA) is 74.0 Å². The van der Waals surface area contributed by atoms with E-state index in [1.165, 1.54) is 0 Å². The van der Waals surface area contributed by atoms with Gasteiger partial charge < -0.3 is 15.6 Å². The number of carbonyl (C=O) groups is 1. The van der Waals surface area contributed by atoms with Crippen molar-refractivity contribution in [1.29, 1.82) is 0 Å². The van der Waals surface area contributed by atoms with Crippen LogP contribution in [0.2, 0.25) is 0 Å². The molecule has 0 spiro atoms. The molecule has 3 N–H and O–H groups in total. The lowest BCUT2D eigenvalue weighted by molar-refractivity contribution is -0.137. The number of nitrogens with one attached hydrogen (secondary N) is 3. The van der Waals surface area contributed by atoms with E-state index in [0.717, 1.165) is 12.8 Å². The summed E-state index contributed by atoms with van der Waals surface area (Å²) in [6, 6.07) is 0.623. The Hall–Kier alpha value is -1.54. The maximum atomic E-state index is 12.5. The molecule has 0 radical (unpaired) electrons. The summed E-state index contributed by atoms with van der Waals surface area (Å²) in [4.78, 5) is 24.8. The van der Waals surface area contributed by atoms with Gasteiger partial charge in [-0.05, 0) is 31.4 Å². The van der Waals surface area contributed by atoms with Crippen LogP contribution >= 0.6 is 12.4 Å². The van der Waals surface area contributed by atoms with E-state index in [1.54, 1.807) is 0 Å². The summed E-state index contributed by atoms with van der Waals surface area (Å²) >= 11 is 0. The smallest absolute Gasteiger partial charge is 0.327 e. The normalized spacial score (nSPS) is 14.4. The van der Waals surface area contributed by atoms with Gasteiger partial charge in [-0.1, -0.05) is 0 Å². The number of pyridine rings is 1. The minimum Gasteiger partial charge on any atom is -0.327 e. The highest BCUT2D eigenvalue weighted by Gasteiger charge is 2.31. The van der Waals surface area contributed by atoms with Crippen molar-refractivity contribution < 1.29 is 18.0 Å². The quantitative estimate of drug-likeness (QED) is 0.772. The van der Waals surface area contributed by atoms with Crippen molar-refractivity contribution >= 4 is 24.0 Å². The number of carbonyl (C=O) groups excluding carboxylic acids is 1. The Kier molecular flexibility index (Phi) is 5.79. The predicted molar refractivity (Wildman–Crippen MR) is 73.5 cm³/mol. The standard InChI is InChI=1S/C12H14F3N3O2.ClH/c13-12(14,15)8-3-9(11(20)17-5-8)18-10(19)6-16-4-7-1-2-7;/h3,5,7,16H,1-2,4,6H2,(H,17,20)(H,18,19);1H. The van der Waals surface area contributed by atoms with Gasteiger partial charge in [0.2, 0.25) is 5.91 Å². The zero-order valence-corrected chi connectivity index (χ0v) is 11.7. The van der Waals surface area contributed by atoms with Crippen LogP contribution in [0.5, 0.6) is 0 Å². The van der Waals surface area contributed by atoms with E-state index in [2.05, 4.69) is 10.6 Å². The lowest BCUT2D eigenvalue weighted by atomic mass is 10.2. The third-order valence-electron chi connectivity index (χ3n) is 2.92. The Balaban J connectivity index is 0.00000220. The van der Waals surface area contributed by atoms with Crippen LogP contribution in [-0.2, 0) is 11.0 Å². The molecule has 1 aliphatic carbocycles. The summed E-state index contributed by atoms with van der Waals surface area (Å²) < 4.78 is 37.5. The molecule has 1 saturated carbocycles. The average Bonchev–Trinajstić information content (AvgIpc) is 3.14. The van der Waals surface area contributed by atoms with E-state index in [-0.39, 0.29) is 19.0 Å². The number of H-pyrrole nitrogens is 1. The highest BCUT2D eigenvalue weighted by molar-refractivity contribution is 5.92. The number of anilines is 1. The first-order valence-electron chi connectivity index (χ1n) is 6.17. The van der Waals surface area contributed by atoms with E-state index in [1.807, 2.05) is 4.98 Å². The molecule has 0 unspecified atom stereocenters. The summed E-state index contributed by atoms with van der Waals surface area (Å²) in [7, 11) is 0. The number of hydrogen-bond donors (Lipinski definition) is 3. The number of rotatable bonds is 5. The maximum Gasteiger partial charge on any atom is 0.417 e. The molecule has 0 aromatic carbocycles. The largest absolute Gasteiger partial charge is 0.417 e. The van der Waals surface area contributed by atoms with Crippen molar-refractivity contribution in [2.75, 3.05) is 18.4 Å². The van der Waals surface area contributed by atoms with Crippen molar-refractivity contribution in [3.63, 3.8) is 0 Å². The van der Waals surface area contributed by atoms with Gasteiger partial charge in [0.25, 0.3) is 5.56 Å². The first kappa shape index (κ1) is 17.5. The summed E-state index contributed by atoms with van der Waals surface area (Å²) in [6.45, 7) is 0.665. The van der Waals surface area contributed by atoms with E-state index in [9.17, 15) is 22.8 Å². The van der Waals surface area contributed by atoms with Gasteiger partial charge in [-0.25, -0.2) is 0 Å². The minimum atomic E-state index is -4.58. The van der Waals surface area contributed by atoms with Crippen molar-refractivity contribution in [2.24, 2.45) is 5.92 Å². The Morgan fingerprint density at radius 1 is 1.38 bits per heavy atom. The predicted octanol–water partition coefficient (Wildman–Crippen LogP) is 1.75. The van der Waals surface area contributed by atoms with Gasteiger partial charge in [-0.2, -0.15) is 13.2 Å². The molecular weight excluding hydrogens is 311 g/mol.